The van der Waals surface area contributed by atoms with E-state index in [2.05, 4.69) is 25.5 Å². The first-order chi connectivity index (χ1) is 10.8. The van der Waals surface area contributed by atoms with Crippen LogP contribution in [0.3, 0.4) is 0 Å². The Morgan fingerprint density at radius 2 is 2.05 bits per heavy atom. The standard InChI is InChI=1S/C16H18N6/c17-11-5-3-4-10(8-11)14-13-15(20-12-6-1-2-7-12)18-9-19-16(13)22-21-14/h3-5,8-9,12H,1-2,6-7,17H2,(H2,18,19,20,21,22). The quantitative estimate of drug-likeness (QED) is 0.646. The van der Waals surface area contributed by atoms with E-state index in [4.69, 9.17) is 5.73 Å². The number of nitrogens with two attached hydrogens (primary N) is 1. The van der Waals surface area contributed by atoms with Crippen molar-refractivity contribution in [1.82, 2.24) is 20.2 Å². The highest BCUT2D eigenvalue weighted by molar-refractivity contribution is 5.98. The summed E-state index contributed by atoms with van der Waals surface area (Å²) >= 11 is 0. The van der Waals surface area contributed by atoms with Gasteiger partial charge in [0.25, 0.3) is 0 Å². The minimum atomic E-state index is 0.488. The Hall–Kier alpha value is -2.63. The van der Waals surface area contributed by atoms with Gasteiger partial charge in [-0.15, -0.1) is 0 Å². The van der Waals surface area contributed by atoms with Gasteiger partial charge < -0.3 is 11.1 Å². The fourth-order valence-electron chi connectivity index (χ4n) is 3.13. The molecule has 0 bridgehead atoms. The number of aromatic amines is 1. The number of nitrogen functional groups attached to an aromatic ring is 1. The van der Waals surface area contributed by atoms with Gasteiger partial charge >= 0.3 is 0 Å². The number of fused-ring (bicyclic) bond motifs is 1. The second-order valence-corrected chi connectivity index (χ2v) is 5.77. The monoisotopic (exact) mass is 294 g/mol. The maximum Gasteiger partial charge on any atom is 0.186 e. The molecule has 0 amide bonds. The minimum absolute atomic E-state index is 0.488. The van der Waals surface area contributed by atoms with E-state index in [9.17, 15) is 0 Å². The summed E-state index contributed by atoms with van der Waals surface area (Å²) in [5.74, 6) is 0.850. The molecule has 112 valence electrons. The molecule has 1 aromatic carbocycles. The zero-order valence-corrected chi connectivity index (χ0v) is 12.2. The third kappa shape index (κ3) is 2.26. The van der Waals surface area contributed by atoms with E-state index in [0.29, 0.717) is 11.7 Å². The van der Waals surface area contributed by atoms with Gasteiger partial charge in [0.1, 0.15) is 12.1 Å². The number of nitrogens with zero attached hydrogens (tertiary/aromatic N) is 3. The molecule has 22 heavy (non-hydrogen) atoms. The van der Waals surface area contributed by atoms with E-state index >= 15 is 0 Å². The molecular weight excluding hydrogens is 276 g/mol. The lowest BCUT2D eigenvalue weighted by atomic mass is 10.1. The van der Waals surface area contributed by atoms with Crippen molar-refractivity contribution in [2.45, 2.75) is 31.7 Å². The molecular formula is C16H18N6. The van der Waals surface area contributed by atoms with Crippen LogP contribution in [0.5, 0.6) is 0 Å². The third-order valence-electron chi connectivity index (χ3n) is 4.22. The number of benzene rings is 1. The van der Waals surface area contributed by atoms with Crippen LogP contribution in [-0.2, 0) is 0 Å². The Labute approximate surface area is 128 Å². The summed E-state index contributed by atoms with van der Waals surface area (Å²) < 4.78 is 0. The minimum Gasteiger partial charge on any atom is -0.399 e. The highest BCUT2D eigenvalue weighted by Crippen LogP contribution is 2.32. The van der Waals surface area contributed by atoms with Crippen molar-refractivity contribution < 1.29 is 0 Å². The van der Waals surface area contributed by atoms with E-state index < -0.39 is 0 Å². The van der Waals surface area contributed by atoms with Crippen molar-refractivity contribution in [3.63, 3.8) is 0 Å². The number of nitrogens with one attached hydrogen (secondary N) is 2. The van der Waals surface area contributed by atoms with Crippen molar-refractivity contribution in [3.05, 3.63) is 30.6 Å². The number of anilines is 2. The molecule has 2 aromatic heterocycles. The number of aromatic nitrogens is 4. The predicted octanol–water partition coefficient (Wildman–Crippen LogP) is 2.96. The van der Waals surface area contributed by atoms with Crippen LogP contribution in [0.15, 0.2) is 30.6 Å². The first-order valence-corrected chi connectivity index (χ1v) is 7.63. The summed E-state index contributed by atoms with van der Waals surface area (Å²) in [7, 11) is 0. The maximum absolute atomic E-state index is 5.90. The molecule has 6 heteroatoms. The number of H-pyrrole nitrogens is 1. The predicted molar refractivity (Wildman–Crippen MR) is 87.4 cm³/mol. The summed E-state index contributed by atoms with van der Waals surface area (Å²) in [6.45, 7) is 0. The second kappa shape index (κ2) is 5.29. The Kier molecular flexibility index (Phi) is 3.14. The first-order valence-electron chi connectivity index (χ1n) is 7.63. The lowest BCUT2D eigenvalue weighted by molar-refractivity contribution is 0.751. The molecule has 0 radical (unpaired) electrons. The fraction of sp³-hybridized carbons (Fsp3) is 0.312. The summed E-state index contributed by atoms with van der Waals surface area (Å²) in [5.41, 5.74) is 9.19. The molecule has 0 atom stereocenters. The van der Waals surface area contributed by atoms with E-state index in [1.807, 2.05) is 24.3 Å². The molecule has 4 N–H and O–H groups in total. The summed E-state index contributed by atoms with van der Waals surface area (Å²) in [4.78, 5) is 8.70. The largest absolute Gasteiger partial charge is 0.399 e. The van der Waals surface area contributed by atoms with Crippen LogP contribution in [-0.4, -0.2) is 26.2 Å². The molecule has 0 spiro atoms. The highest BCUT2D eigenvalue weighted by atomic mass is 15.2. The van der Waals surface area contributed by atoms with Gasteiger partial charge in [0.05, 0.1) is 11.1 Å². The van der Waals surface area contributed by atoms with Crippen molar-refractivity contribution >= 4 is 22.5 Å². The zero-order chi connectivity index (χ0) is 14.9. The molecule has 1 aliphatic rings. The highest BCUT2D eigenvalue weighted by Gasteiger charge is 2.19. The summed E-state index contributed by atoms with van der Waals surface area (Å²) in [6.07, 6.45) is 6.50. The van der Waals surface area contributed by atoms with Crippen LogP contribution >= 0.6 is 0 Å². The summed E-state index contributed by atoms with van der Waals surface area (Å²) in [5, 5.41) is 11.9. The maximum atomic E-state index is 5.90. The van der Waals surface area contributed by atoms with Crippen LogP contribution in [0.4, 0.5) is 11.5 Å². The SMILES string of the molecule is Nc1cccc(-c2[nH]nc3ncnc(NC4CCCC4)c23)c1. The van der Waals surface area contributed by atoms with Gasteiger partial charge in [-0.1, -0.05) is 25.0 Å². The molecule has 0 saturated heterocycles. The fourth-order valence-corrected chi connectivity index (χ4v) is 3.13. The van der Waals surface area contributed by atoms with Crippen LogP contribution in [0, 0.1) is 0 Å². The molecule has 0 unspecified atom stereocenters. The smallest absolute Gasteiger partial charge is 0.186 e. The second-order valence-electron chi connectivity index (χ2n) is 5.77. The van der Waals surface area contributed by atoms with Gasteiger partial charge in [-0.2, -0.15) is 5.10 Å². The molecule has 4 rings (SSSR count). The number of rotatable bonds is 3. The van der Waals surface area contributed by atoms with Gasteiger partial charge in [0, 0.05) is 17.3 Å². The van der Waals surface area contributed by atoms with Gasteiger partial charge in [-0.3, -0.25) is 5.10 Å². The Balaban J connectivity index is 1.82. The molecule has 1 fully saturated rings. The van der Waals surface area contributed by atoms with Crippen molar-refractivity contribution in [3.8, 4) is 11.3 Å². The zero-order valence-electron chi connectivity index (χ0n) is 12.2. The van der Waals surface area contributed by atoms with Crippen LogP contribution < -0.4 is 11.1 Å². The Morgan fingerprint density at radius 3 is 2.86 bits per heavy atom. The van der Waals surface area contributed by atoms with Crippen LogP contribution in [0.25, 0.3) is 22.3 Å². The normalized spacial score (nSPS) is 15.5. The molecule has 0 aliphatic heterocycles. The number of hydrogen-bond acceptors (Lipinski definition) is 5. The van der Waals surface area contributed by atoms with Gasteiger partial charge in [0.2, 0.25) is 0 Å². The van der Waals surface area contributed by atoms with Gasteiger partial charge in [-0.05, 0) is 25.0 Å². The van der Waals surface area contributed by atoms with Crippen molar-refractivity contribution in [2.24, 2.45) is 0 Å². The van der Waals surface area contributed by atoms with Crippen LogP contribution in [0.2, 0.25) is 0 Å². The van der Waals surface area contributed by atoms with Crippen LogP contribution in [0.1, 0.15) is 25.7 Å². The molecule has 6 nitrogen and oxygen atoms in total. The molecule has 3 aromatic rings. The average molecular weight is 294 g/mol. The molecule has 1 aliphatic carbocycles. The van der Waals surface area contributed by atoms with E-state index in [0.717, 1.165) is 28.1 Å². The first kappa shape index (κ1) is 13.1. The van der Waals surface area contributed by atoms with Gasteiger partial charge in [-0.25, -0.2) is 9.97 Å². The molecule has 1 saturated carbocycles. The summed E-state index contributed by atoms with van der Waals surface area (Å²) in [6, 6.07) is 8.23. The molecule has 2 heterocycles. The van der Waals surface area contributed by atoms with E-state index in [1.165, 1.54) is 25.7 Å². The Morgan fingerprint density at radius 1 is 1.18 bits per heavy atom. The number of hydrogen-bond donors (Lipinski definition) is 3. The van der Waals surface area contributed by atoms with E-state index in [-0.39, 0.29) is 0 Å². The van der Waals surface area contributed by atoms with Crippen molar-refractivity contribution in [2.75, 3.05) is 11.1 Å². The van der Waals surface area contributed by atoms with E-state index in [1.54, 1.807) is 6.33 Å². The van der Waals surface area contributed by atoms with Crippen molar-refractivity contribution in [1.29, 1.82) is 0 Å². The Bertz CT molecular complexity index is 803. The third-order valence-corrected chi connectivity index (χ3v) is 4.22. The lowest BCUT2D eigenvalue weighted by Gasteiger charge is -2.13. The topological polar surface area (TPSA) is 92.5 Å². The average Bonchev–Trinajstić information content (AvgIpc) is 3.17. The lowest BCUT2D eigenvalue weighted by Crippen LogP contribution is -2.15. The van der Waals surface area contributed by atoms with Gasteiger partial charge in [0.15, 0.2) is 5.65 Å².